The van der Waals surface area contributed by atoms with Gasteiger partial charge in [-0.3, -0.25) is 4.98 Å². The molecule has 2 aliphatic rings. The molecule has 2 fully saturated rings. The number of hydrogen-bond donors (Lipinski definition) is 1. The Morgan fingerprint density at radius 3 is 2.89 bits per heavy atom. The summed E-state index contributed by atoms with van der Waals surface area (Å²) >= 11 is 3.52. The van der Waals surface area contributed by atoms with E-state index in [2.05, 4.69) is 39.2 Å². The minimum atomic E-state index is 0.636. The molecule has 0 aromatic carbocycles. The van der Waals surface area contributed by atoms with Crippen LogP contribution in [-0.4, -0.2) is 17.6 Å². The lowest BCUT2D eigenvalue weighted by atomic mass is 9.81. The van der Waals surface area contributed by atoms with E-state index in [1.54, 1.807) is 0 Å². The molecule has 0 aliphatic heterocycles. The van der Waals surface area contributed by atoms with Crippen LogP contribution in [0.3, 0.4) is 0 Å². The second-order valence-corrected chi connectivity index (χ2v) is 7.13. The van der Waals surface area contributed by atoms with E-state index in [-0.39, 0.29) is 0 Å². The highest BCUT2D eigenvalue weighted by Crippen LogP contribution is 2.49. The number of pyridine rings is 1. The van der Waals surface area contributed by atoms with E-state index in [1.165, 1.54) is 31.2 Å². The van der Waals surface area contributed by atoms with Gasteiger partial charge in [-0.2, -0.15) is 0 Å². The van der Waals surface area contributed by atoms with Gasteiger partial charge in [-0.25, -0.2) is 0 Å². The molecule has 2 bridgehead atoms. The average molecular weight is 323 g/mol. The third-order valence-corrected chi connectivity index (χ3v) is 5.43. The van der Waals surface area contributed by atoms with Crippen molar-refractivity contribution in [2.75, 3.05) is 6.54 Å². The number of fused-ring (bicyclic) bond motifs is 2. The Labute approximate surface area is 124 Å². The van der Waals surface area contributed by atoms with Gasteiger partial charge in [0.1, 0.15) is 0 Å². The van der Waals surface area contributed by atoms with Crippen LogP contribution in [0.25, 0.3) is 0 Å². The Morgan fingerprint density at radius 2 is 2.26 bits per heavy atom. The highest BCUT2D eigenvalue weighted by atomic mass is 79.9. The zero-order valence-corrected chi connectivity index (χ0v) is 13.2. The number of halogens is 1. The van der Waals surface area contributed by atoms with Crippen LogP contribution in [0.4, 0.5) is 0 Å². The maximum Gasteiger partial charge on any atom is 0.0410 e. The third-order valence-electron chi connectivity index (χ3n) is 4.99. The van der Waals surface area contributed by atoms with Crippen molar-refractivity contribution in [2.24, 2.45) is 17.8 Å². The van der Waals surface area contributed by atoms with E-state index in [4.69, 9.17) is 0 Å². The molecule has 3 rings (SSSR count). The predicted octanol–water partition coefficient (Wildman–Crippen LogP) is 3.80. The summed E-state index contributed by atoms with van der Waals surface area (Å²) in [6.45, 7) is 3.29. The van der Waals surface area contributed by atoms with E-state index in [1.807, 2.05) is 12.4 Å². The van der Waals surface area contributed by atoms with Crippen LogP contribution in [0.1, 0.15) is 38.2 Å². The van der Waals surface area contributed by atoms with Crippen LogP contribution >= 0.6 is 15.9 Å². The fraction of sp³-hybridized carbons (Fsp3) is 0.688. The lowest BCUT2D eigenvalue weighted by Crippen LogP contribution is -2.40. The van der Waals surface area contributed by atoms with Gasteiger partial charge in [0.05, 0.1) is 0 Å². The summed E-state index contributed by atoms with van der Waals surface area (Å²) in [6, 6.07) is 2.85. The highest BCUT2D eigenvalue weighted by Gasteiger charge is 2.42. The summed E-state index contributed by atoms with van der Waals surface area (Å²) in [5.41, 5.74) is 1.35. The van der Waals surface area contributed by atoms with Gasteiger partial charge >= 0.3 is 0 Å². The van der Waals surface area contributed by atoms with Crippen molar-refractivity contribution in [2.45, 2.75) is 45.1 Å². The van der Waals surface area contributed by atoms with Crippen molar-refractivity contribution >= 4 is 15.9 Å². The third kappa shape index (κ3) is 3.03. The van der Waals surface area contributed by atoms with Crippen molar-refractivity contribution in [3.63, 3.8) is 0 Å². The van der Waals surface area contributed by atoms with Gasteiger partial charge in [0, 0.05) is 22.9 Å². The molecular formula is C16H23BrN2. The van der Waals surface area contributed by atoms with E-state index in [0.29, 0.717) is 6.04 Å². The van der Waals surface area contributed by atoms with Crippen LogP contribution in [0.15, 0.2) is 22.9 Å². The Morgan fingerprint density at radius 1 is 1.37 bits per heavy atom. The second-order valence-electron chi connectivity index (χ2n) is 6.22. The predicted molar refractivity (Wildman–Crippen MR) is 82.0 cm³/mol. The molecule has 1 aromatic rings. The van der Waals surface area contributed by atoms with Crippen molar-refractivity contribution in [3.05, 3.63) is 28.5 Å². The zero-order chi connectivity index (χ0) is 13.2. The Hall–Kier alpha value is -0.410. The first kappa shape index (κ1) is 13.6. The summed E-state index contributed by atoms with van der Waals surface area (Å²) in [4.78, 5) is 4.30. The molecule has 1 N–H and O–H groups in total. The van der Waals surface area contributed by atoms with Gasteiger partial charge in [0.25, 0.3) is 0 Å². The van der Waals surface area contributed by atoms with Crippen LogP contribution in [0.5, 0.6) is 0 Å². The van der Waals surface area contributed by atoms with Crippen molar-refractivity contribution in [3.8, 4) is 0 Å². The molecule has 2 nitrogen and oxygen atoms in total. The van der Waals surface area contributed by atoms with E-state index >= 15 is 0 Å². The number of rotatable bonds is 5. The maximum atomic E-state index is 4.30. The maximum absolute atomic E-state index is 4.30. The van der Waals surface area contributed by atoms with Crippen LogP contribution in [-0.2, 0) is 6.42 Å². The molecule has 4 unspecified atom stereocenters. The molecule has 4 atom stereocenters. The van der Waals surface area contributed by atoms with Crippen LogP contribution in [0, 0.1) is 17.8 Å². The molecule has 0 saturated heterocycles. The number of hydrogen-bond acceptors (Lipinski definition) is 2. The first-order valence-electron chi connectivity index (χ1n) is 7.59. The summed E-state index contributed by atoms with van der Waals surface area (Å²) < 4.78 is 1.09. The molecule has 1 aromatic heterocycles. The van der Waals surface area contributed by atoms with Gasteiger partial charge < -0.3 is 5.32 Å². The molecule has 0 spiro atoms. The monoisotopic (exact) mass is 322 g/mol. The number of aromatic nitrogens is 1. The van der Waals surface area contributed by atoms with Gasteiger partial charge in [-0.05, 0) is 77.5 Å². The summed E-state index contributed by atoms with van der Waals surface area (Å²) in [5.74, 6) is 2.89. The van der Waals surface area contributed by atoms with Gasteiger partial charge in [-0.15, -0.1) is 0 Å². The molecule has 2 saturated carbocycles. The lowest BCUT2D eigenvalue weighted by molar-refractivity contribution is 0.249. The average Bonchev–Trinajstić information content (AvgIpc) is 3.00. The van der Waals surface area contributed by atoms with E-state index in [9.17, 15) is 0 Å². The lowest BCUT2D eigenvalue weighted by Gasteiger charge is -2.31. The summed E-state index contributed by atoms with van der Waals surface area (Å²) in [6.07, 6.45) is 10.9. The smallest absolute Gasteiger partial charge is 0.0410 e. The Kier molecular flexibility index (Phi) is 4.23. The van der Waals surface area contributed by atoms with E-state index in [0.717, 1.165) is 35.2 Å². The van der Waals surface area contributed by atoms with Gasteiger partial charge in [0.2, 0.25) is 0 Å². The molecule has 3 heteroatoms. The van der Waals surface area contributed by atoms with Crippen molar-refractivity contribution in [1.29, 1.82) is 0 Å². The van der Waals surface area contributed by atoms with E-state index < -0.39 is 0 Å². The standard InChI is InChI=1S/C16H23BrN2/c1-2-19-16(8-12-6-14(17)10-18-9-12)15-7-11-3-4-13(15)5-11/h6,9-11,13,15-16,19H,2-5,7-8H2,1H3. The summed E-state index contributed by atoms with van der Waals surface area (Å²) in [5, 5.41) is 3.73. The first-order chi connectivity index (χ1) is 9.26. The van der Waals surface area contributed by atoms with Gasteiger partial charge in [0.15, 0.2) is 0 Å². The summed E-state index contributed by atoms with van der Waals surface area (Å²) in [7, 11) is 0. The largest absolute Gasteiger partial charge is 0.314 e. The van der Waals surface area contributed by atoms with Crippen molar-refractivity contribution in [1.82, 2.24) is 10.3 Å². The molecule has 0 amide bonds. The Balaban J connectivity index is 1.70. The highest BCUT2D eigenvalue weighted by molar-refractivity contribution is 9.10. The quantitative estimate of drug-likeness (QED) is 0.891. The molecular weight excluding hydrogens is 300 g/mol. The zero-order valence-electron chi connectivity index (χ0n) is 11.6. The SMILES string of the molecule is CCNC(Cc1cncc(Br)c1)C1CC2CCC1C2. The molecule has 1 heterocycles. The molecule has 2 aliphatic carbocycles. The van der Waals surface area contributed by atoms with Crippen LogP contribution < -0.4 is 5.32 Å². The topological polar surface area (TPSA) is 24.9 Å². The molecule has 104 valence electrons. The van der Waals surface area contributed by atoms with Crippen molar-refractivity contribution < 1.29 is 0 Å². The first-order valence-corrected chi connectivity index (χ1v) is 8.38. The number of likely N-dealkylation sites (N-methyl/N-ethyl adjacent to an activating group) is 1. The molecule has 19 heavy (non-hydrogen) atoms. The van der Waals surface area contributed by atoms with Crippen LogP contribution in [0.2, 0.25) is 0 Å². The Bertz CT molecular complexity index is 435. The fourth-order valence-corrected chi connectivity index (χ4v) is 4.66. The minimum Gasteiger partial charge on any atom is -0.314 e. The normalized spacial score (nSPS) is 30.7. The second kappa shape index (κ2) is 5.92. The minimum absolute atomic E-state index is 0.636. The number of nitrogens with one attached hydrogen (secondary N) is 1. The van der Waals surface area contributed by atoms with Gasteiger partial charge in [-0.1, -0.05) is 13.3 Å². The fourth-order valence-electron chi connectivity index (χ4n) is 4.25. The molecule has 0 radical (unpaired) electrons. The number of nitrogens with zero attached hydrogens (tertiary/aromatic N) is 1.